The lowest BCUT2D eigenvalue weighted by molar-refractivity contribution is 0.355. The van der Waals surface area contributed by atoms with Crippen LogP contribution in [0.5, 0.6) is 11.5 Å². The van der Waals surface area contributed by atoms with Crippen LogP contribution >= 0.6 is 0 Å². The van der Waals surface area contributed by atoms with Gasteiger partial charge in [0.2, 0.25) is 0 Å². The Balaban J connectivity index is 1.66. The molecule has 8 nitrogen and oxygen atoms in total. The molecule has 8 heteroatoms. The van der Waals surface area contributed by atoms with Crippen molar-refractivity contribution in [1.82, 2.24) is 24.5 Å². The molecule has 4 rings (SSSR count). The Morgan fingerprint density at radius 1 is 1.03 bits per heavy atom. The molecule has 0 saturated heterocycles. The smallest absolute Gasteiger partial charge is 0.283 e. The third-order valence-electron chi connectivity index (χ3n) is 4.45. The summed E-state index contributed by atoms with van der Waals surface area (Å²) in [4.78, 5) is 17.2. The van der Waals surface area contributed by atoms with Crippen molar-refractivity contribution >= 4 is 17.2 Å². The molecule has 0 aliphatic heterocycles. The molecule has 2 aromatic carbocycles. The first-order chi connectivity index (χ1) is 14.2. The lowest BCUT2D eigenvalue weighted by atomic mass is 10.2. The van der Waals surface area contributed by atoms with E-state index in [1.165, 1.54) is 15.6 Å². The van der Waals surface area contributed by atoms with E-state index in [0.29, 0.717) is 29.4 Å². The van der Waals surface area contributed by atoms with Crippen LogP contribution in [-0.2, 0) is 6.54 Å². The molecule has 0 saturated carbocycles. The summed E-state index contributed by atoms with van der Waals surface area (Å²) < 4.78 is 13.6. The quantitative estimate of drug-likeness (QED) is 0.504. The van der Waals surface area contributed by atoms with E-state index in [4.69, 9.17) is 9.47 Å². The summed E-state index contributed by atoms with van der Waals surface area (Å²) in [6.07, 6.45) is 5.36. The van der Waals surface area contributed by atoms with Crippen LogP contribution in [0.15, 0.2) is 65.7 Å². The number of nitrogens with zero attached hydrogens (tertiary/aromatic N) is 5. The predicted molar refractivity (Wildman–Crippen MR) is 110 cm³/mol. The van der Waals surface area contributed by atoms with Crippen LogP contribution in [0.25, 0.3) is 22.9 Å². The average Bonchev–Trinajstić information content (AvgIpc) is 3.20. The molecule has 0 atom stereocenters. The normalized spacial score (nSPS) is 11.2. The topological polar surface area (TPSA) is 84.1 Å². The van der Waals surface area contributed by atoms with Crippen LogP contribution in [0.1, 0.15) is 5.56 Å². The van der Waals surface area contributed by atoms with E-state index in [2.05, 4.69) is 15.3 Å². The highest BCUT2D eigenvalue weighted by Gasteiger charge is 2.14. The molecule has 4 aromatic rings. The van der Waals surface area contributed by atoms with Gasteiger partial charge >= 0.3 is 0 Å². The molecule has 146 valence electrons. The molecule has 0 aliphatic rings. The van der Waals surface area contributed by atoms with Crippen LogP contribution in [-0.4, -0.2) is 38.8 Å². The fraction of sp³-hybridized carbons (Fsp3) is 0.143. The predicted octanol–water partition coefficient (Wildman–Crippen LogP) is 2.71. The summed E-state index contributed by atoms with van der Waals surface area (Å²) >= 11 is 0. The number of benzene rings is 2. The van der Waals surface area contributed by atoms with Gasteiger partial charge in [-0.15, -0.1) is 5.10 Å². The molecule has 0 bridgehead atoms. The number of ether oxygens (including phenoxy) is 2. The zero-order chi connectivity index (χ0) is 20.2. The molecular formula is C21H19N5O3. The summed E-state index contributed by atoms with van der Waals surface area (Å²) in [5, 5.41) is 8.14. The Labute approximate surface area is 166 Å². The Kier molecular flexibility index (Phi) is 5.07. The van der Waals surface area contributed by atoms with Crippen LogP contribution in [0.2, 0.25) is 0 Å². The molecule has 2 aromatic heterocycles. The highest BCUT2D eigenvalue weighted by atomic mass is 16.5. The van der Waals surface area contributed by atoms with Crippen molar-refractivity contribution in [3.05, 3.63) is 76.9 Å². The van der Waals surface area contributed by atoms with Crippen molar-refractivity contribution in [2.24, 2.45) is 0 Å². The summed E-state index contributed by atoms with van der Waals surface area (Å²) in [6.45, 7) is 0.389. The highest BCUT2D eigenvalue weighted by molar-refractivity contribution is 5.70. The van der Waals surface area contributed by atoms with Crippen molar-refractivity contribution in [2.45, 2.75) is 6.54 Å². The molecule has 2 heterocycles. The number of aromatic nitrogens is 5. The number of fused-ring (bicyclic) bond motifs is 1. The van der Waals surface area contributed by atoms with Crippen molar-refractivity contribution in [3.63, 3.8) is 0 Å². The maximum absolute atomic E-state index is 12.8. The Bertz CT molecular complexity index is 1230. The van der Waals surface area contributed by atoms with Crippen LogP contribution in [0.3, 0.4) is 0 Å². The number of rotatable bonds is 6. The van der Waals surface area contributed by atoms with Gasteiger partial charge in [0, 0.05) is 12.6 Å². The first-order valence-corrected chi connectivity index (χ1v) is 8.96. The molecule has 0 aliphatic carbocycles. The van der Waals surface area contributed by atoms with Gasteiger partial charge in [-0.2, -0.15) is 4.68 Å². The van der Waals surface area contributed by atoms with Crippen LogP contribution < -0.4 is 15.0 Å². The average molecular weight is 389 g/mol. The van der Waals surface area contributed by atoms with Gasteiger partial charge in [-0.1, -0.05) is 47.7 Å². The molecule has 0 amide bonds. The van der Waals surface area contributed by atoms with E-state index in [1.807, 2.05) is 42.5 Å². The van der Waals surface area contributed by atoms with Crippen LogP contribution in [0, 0.1) is 0 Å². The maximum atomic E-state index is 12.8. The molecule has 0 fully saturated rings. The monoisotopic (exact) mass is 389 g/mol. The van der Waals surface area contributed by atoms with Gasteiger partial charge in [-0.25, -0.2) is 4.98 Å². The Morgan fingerprint density at radius 2 is 1.83 bits per heavy atom. The number of hydrogen-bond donors (Lipinski definition) is 0. The second kappa shape index (κ2) is 7.97. The third-order valence-corrected chi connectivity index (χ3v) is 4.45. The van der Waals surface area contributed by atoms with Crippen LogP contribution in [0.4, 0.5) is 0 Å². The number of allylic oxidation sites excluding steroid dienone is 1. The van der Waals surface area contributed by atoms with Crippen molar-refractivity contribution < 1.29 is 9.47 Å². The van der Waals surface area contributed by atoms with Gasteiger partial charge in [-0.05, 0) is 17.7 Å². The fourth-order valence-corrected chi connectivity index (χ4v) is 2.97. The lowest BCUT2D eigenvalue weighted by Gasteiger charge is -2.09. The Hall–Kier alpha value is -3.94. The van der Waals surface area contributed by atoms with Crippen molar-refractivity contribution in [2.75, 3.05) is 14.2 Å². The summed E-state index contributed by atoms with van der Waals surface area (Å²) in [5.41, 5.74) is 2.06. The van der Waals surface area contributed by atoms with Crippen molar-refractivity contribution in [1.29, 1.82) is 0 Å². The van der Waals surface area contributed by atoms with Gasteiger partial charge in [0.05, 0.1) is 19.9 Å². The van der Waals surface area contributed by atoms with Gasteiger partial charge in [-0.3, -0.25) is 9.36 Å². The molecule has 0 N–H and O–H groups in total. The number of hydrogen-bond acceptors (Lipinski definition) is 6. The second-order valence-corrected chi connectivity index (χ2v) is 6.23. The molecule has 0 unspecified atom stereocenters. The van der Waals surface area contributed by atoms with E-state index < -0.39 is 0 Å². The van der Waals surface area contributed by atoms with Gasteiger partial charge in [0.15, 0.2) is 22.7 Å². The van der Waals surface area contributed by atoms with E-state index in [9.17, 15) is 4.79 Å². The van der Waals surface area contributed by atoms with E-state index in [-0.39, 0.29) is 11.1 Å². The minimum atomic E-state index is -0.251. The summed E-state index contributed by atoms with van der Waals surface area (Å²) in [5.74, 6) is 1.15. The minimum absolute atomic E-state index is 0.204. The Morgan fingerprint density at radius 3 is 2.59 bits per heavy atom. The zero-order valence-corrected chi connectivity index (χ0v) is 16.0. The third kappa shape index (κ3) is 3.60. The molecule has 0 spiro atoms. The first-order valence-electron chi connectivity index (χ1n) is 8.96. The largest absolute Gasteiger partial charge is 0.493 e. The van der Waals surface area contributed by atoms with E-state index in [1.54, 1.807) is 32.4 Å². The minimum Gasteiger partial charge on any atom is -0.493 e. The summed E-state index contributed by atoms with van der Waals surface area (Å²) in [7, 11) is 3.12. The summed E-state index contributed by atoms with van der Waals surface area (Å²) in [6, 6.07) is 15.2. The maximum Gasteiger partial charge on any atom is 0.283 e. The standard InChI is InChI=1S/C21H19N5O3/c1-28-17-11-10-16(13-18(17)29-2)26-20-19(23-24-26)21(27)25(14-22-20)12-6-9-15-7-4-3-5-8-15/h3-11,13-14H,12H2,1-2H3/b9-6+. The number of methoxy groups -OCH3 is 2. The fourth-order valence-electron chi connectivity index (χ4n) is 2.97. The SMILES string of the molecule is COc1ccc(-n2nnc3c(=O)n(C/C=C/c4ccccc4)cnc32)cc1OC. The zero-order valence-electron chi connectivity index (χ0n) is 16.0. The molecule has 0 radical (unpaired) electrons. The van der Waals surface area contributed by atoms with E-state index >= 15 is 0 Å². The van der Waals surface area contributed by atoms with Crippen molar-refractivity contribution in [3.8, 4) is 17.2 Å². The van der Waals surface area contributed by atoms with Gasteiger partial charge in [0.25, 0.3) is 5.56 Å². The highest BCUT2D eigenvalue weighted by Crippen LogP contribution is 2.29. The second-order valence-electron chi connectivity index (χ2n) is 6.23. The molecule has 29 heavy (non-hydrogen) atoms. The van der Waals surface area contributed by atoms with Gasteiger partial charge < -0.3 is 9.47 Å². The lowest BCUT2D eigenvalue weighted by Crippen LogP contribution is -2.20. The van der Waals surface area contributed by atoms with Gasteiger partial charge in [0.1, 0.15) is 6.33 Å². The molecular weight excluding hydrogens is 370 g/mol. The van der Waals surface area contributed by atoms with E-state index in [0.717, 1.165) is 5.56 Å². The first kappa shape index (κ1) is 18.4.